The lowest BCUT2D eigenvalue weighted by atomic mass is 9.98. The standard InChI is InChI=1S/C24H19NO5/c26-20-19(21(27)23(29)24(30)22(20)28)25-18-12-16(14-7-3-1-4-8-14)11-17(13-18)15-9-5-2-6-10-15/h1-13,25-30H. The summed E-state index contributed by atoms with van der Waals surface area (Å²) in [5, 5.41) is 52.4. The fraction of sp³-hybridized carbons (Fsp3) is 0. The molecule has 4 aromatic rings. The highest BCUT2D eigenvalue weighted by atomic mass is 16.4. The Balaban J connectivity index is 1.87. The van der Waals surface area contributed by atoms with E-state index in [1.54, 1.807) is 0 Å². The molecule has 0 saturated carbocycles. The van der Waals surface area contributed by atoms with E-state index in [9.17, 15) is 25.5 Å². The van der Waals surface area contributed by atoms with Gasteiger partial charge in [-0.2, -0.15) is 0 Å². The second kappa shape index (κ2) is 7.60. The molecule has 6 nitrogen and oxygen atoms in total. The lowest BCUT2D eigenvalue weighted by Gasteiger charge is -2.16. The minimum Gasteiger partial charge on any atom is -0.503 e. The SMILES string of the molecule is Oc1c(O)c(O)c(Nc2cc(-c3ccccc3)cc(-c3ccccc3)c2)c(O)c1O. The van der Waals surface area contributed by atoms with Crippen molar-refractivity contribution in [2.24, 2.45) is 0 Å². The minimum absolute atomic E-state index is 0.327. The molecule has 30 heavy (non-hydrogen) atoms. The Hall–Kier alpha value is -4.32. The van der Waals surface area contributed by atoms with Gasteiger partial charge >= 0.3 is 0 Å². The molecule has 0 radical (unpaired) electrons. The van der Waals surface area contributed by atoms with Gasteiger partial charge in [-0.3, -0.25) is 0 Å². The first kappa shape index (κ1) is 19.0. The molecule has 0 atom stereocenters. The summed E-state index contributed by atoms with van der Waals surface area (Å²) in [6, 6.07) is 25.0. The van der Waals surface area contributed by atoms with Crippen LogP contribution in [0.4, 0.5) is 11.4 Å². The van der Waals surface area contributed by atoms with E-state index < -0.39 is 28.7 Å². The van der Waals surface area contributed by atoms with Crippen LogP contribution in [0.5, 0.6) is 28.7 Å². The zero-order chi connectivity index (χ0) is 21.3. The summed E-state index contributed by atoms with van der Waals surface area (Å²) in [5.41, 5.74) is 3.85. The highest BCUT2D eigenvalue weighted by molar-refractivity contribution is 5.85. The van der Waals surface area contributed by atoms with Gasteiger partial charge in [-0.15, -0.1) is 0 Å². The van der Waals surface area contributed by atoms with Crippen molar-refractivity contribution < 1.29 is 25.5 Å². The van der Waals surface area contributed by atoms with E-state index >= 15 is 0 Å². The summed E-state index contributed by atoms with van der Waals surface area (Å²) >= 11 is 0. The number of rotatable bonds is 4. The third-order valence-electron chi connectivity index (χ3n) is 4.79. The van der Waals surface area contributed by atoms with Crippen LogP contribution in [-0.4, -0.2) is 25.5 Å². The average molecular weight is 401 g/mol. The largest absolute Gasteiger partial charge is 0.503 e. The van der Waals surface area contributed by atoms with E-state index in [1.807, 2.05) is 78.9 Å². The topological polar surface area (TPSA) is 113 Å². The van der Waals surface area contributed by atoms with Gasteiger partial charge in [0.15, 0.2) is 11.5 Å². The van der Waals surface area contributed by atoms with Crippen LogP contribution in [0, 0.1) is 0 Å². The predicted octanol–water partition coefficient (Wildman–Crippen LogP) is 5.29. The molecule has 0 bridgehead atoms. The van der Waals surface area contributed by atoms with Crippen molar-refractivity contribution in [3.8, 4) is 51.0 Å². The van der Waals surface area contributed by atoms with Gasteiger partial charge in [0.1, 0.15) is 5.69 Å². The molecule has 0 aromatic heterocycles. The van der Waals surface area contributed by atoms with E-state index in [0.29, 0.717) is 5.69 Å². The Morgan fingerprint density at radius 3 is 1.27 bits per heavy atom. The minimum atomic E-state index is -1.00. The quantitative estimate of drug-likeness (QED) is 0.205. The lowest BCUT2D eigenvalue weighted by molar-refractivity contribution is 0.330. The summed E-state index contributed by atoms with van der Waals surface area (Å²) in [6.07, 6.45) is 0. The molecule has 0 spiro atoms. The molecule has 0 saturated heterocycles. The summed E-state index contributed by atoms with van der Waals surface area (Å²) in [4.78, 5) is 0. The second-order valence-electron chi connectivity index (χ2n) is 6.77. The smallest absolute Gasteiger partial charge is 0.208 e. The van der Waals surface area contributed by atoms with Crippen LogP contribution in [0.2, 0.25) is 0 Å². The molecule has 150 valence electrons. The average Bonchev–Trinajstić information content (AvgIpc) is 2.80. The zero-order valence-electron chi connectivity index (χ0n) is 15.7. The fourth-order valence-electron chi connectivity index (χ4n) is 3.24. The van der Waals surface area contributed by atoms with Crippen LogP contribution in [-0.2, 0) is 0 Å². The van der Waals surface area contributed by atoms with Gasteiger partial charge in [0, 0.05) is 5.69 Å². The van der Waals surface area contributed by atoms with Gasteiger partial charge in [-0.05, 0) is 40.5 Å². The van der Waals surface area contributed by atoms with Crippen LogP contribution >= 0.6 is 0 Å². The van der Waals surface area contributed by atoms with E-state index in [1.165, 1.54) is 0 Å². The highest BCUT2D eigenvalue weighted by Gasteiger charge is 2.23. The van der Waals surface area contributed by atoms with E-state index in [2.05, 4.69) is 5.32 Å². The maximum Gasteiger partial charge on any atom is 0.208 e. The molecular formula is C24H19NO5. The summed E-state index contributed by atoms with van der Waals surface area (Å²) in [5.74, 6) is -4.44. The first-order valence-corrected chi connectivity index (χ1v) is 9.17. The van der Waals surface area contributed by atoms with Gasteiger partial charge in [0.05, 0.1) is 0 Å². The first-order valence-electron chi connectivity index (χ1n) is 9.17. The Morgan fingerprint density at radius 1 is 0.433 bits per heavy atom. The molecule has 4 aromatic carbocycles. The Bertz CT molecular complexity index is 1120. The third-order valence-corrected chi connectivity index (χ3v) is 4.79. The molecule has 6 heteroatoms. The van der Waals surface area contributed by atoms with Crippen molar-refractivity contribution in [2.75, 3.05) is 5.32 Å². The summed E-state index contributed by atoms with van der Waals surface area (Å²) < 4.78 is 0. The number of nitrogens with one attached hydrogen (secondary N) is 1. The van der Waals surface area contributed by atoms with E-state index in [-0.39, 0.29) is 5.69 Å². The number of benzene rings is 4. The molecule has 6 N–H and O–H groups in total. The fourth-order valence-corrected chi connectivity index (χ4v) is 3.24. The number of hydrogen-bond acceptors (Lipinski definition) is 6. The number of hydrogen-bond donors (Lipinski definition) is 6. The van der Waals surface area contributed by atoms with E-state index in [4.69, 9.17) is 0 Å². The number of phenolic OH excluding ortho intramolecular Hbond substituents is 5. The Morgan fingerprint density at radius 2 is 0.833 bits per heavy atom. The van der Waals surface area contributed by atoms with Gasteiger partial charge in [-0.1, -0.05) is 60.7 Å². The van der Waals surface area contributed by atoms with Crippen molar-refractivity contribution >= 4 is 11.4 Å². The van der Waals surface area contributed by atoms with E-state index in [0.717, 1.165) is 22.3 Å². The molecule has 4 rings (SSSR count). The first-order chi connectivity index (χ1) is 14.5. The van der Waals surface area contributed by atoms with Crippen LogP contribution < -0.4 is 5.32 Å². The molecular weight excluding hydrogens is 382 g/mol. The monoisotopic (exact) mass is 401 g/mol. The molecule has 0 amide bonds. The Labute approximate surface area is 172 Å². The van der Waals surface area contributed by atoms with Gasteiger partial charge in [0.2, 0.25) is 17.2 Å². The third kappa shape index (κ3) is 3.42. The number of aromatic hydroxyl groups is 5. The van der Waals surface area contributed by atoms with Crippen molar-refractivity contribution in [1.29, 1.82) is 0 Å². The molecule has 0 fully saturated rings. The van der Waals surface area contributed by atoms with Crippen molar-refractivity contribution in [3.63, 3.8) is 0 Å². The summed E-state index contributed by atoms with van der Waals surface area (Å²) in [6.45, 7) is 0. The van der Waals surface area contributed by atoms with Gasteiger partial charge in [0.25, 0.3) is 0 Å². The molecule has 0 aliphatic carbocycles. The molecule has 0 aliphatic heterocycles. The van der Waals surface area contributed by atoms with Crippen LogP contribution in [0.15, 0.2) is 78.9 Å². The lowest BCUT2D eigenvalue weighted by Crippen LogP contribution is -1.94. The molecule has 0 unspecified atom stereocenters. The van der Waals surface area contributed by atoms with Crippen molar-refractivity contribution in [2.45, 2.75) is 0 Å². The maximum atomic E-state index is 10.2. The van der Waals surface area contributed by atoms with Gasteiger partial charge in [-0.25, -0.2) is 0 Å². The predicted molar refractivity (Wildman–Crippen MR) is 115 cm³/mol. The van der Waals surface area contributed by atoms with Crippen LogP contribution in [0.1, 0.15) is 0 Å². The van der Waals surface area contributed by atoms with Crippen LogP contribution in [0.25, 0.3) is 22.3 Å². The zero-order valence-corrected chi connectivity index (χ0v) is 15.7. The number of phenols is 5. The molecule has 0 heterocycles. The molecule has 0 aliphatic rings. The Kier molecular flexibility index (Phi) is 4.82. The van der Waals surface area contributed by atoms with Crippen molar-refractivity contribution in [1.82, 2.24) is 0 Å². The normalized spacial score (nSPS) is 10.7. The van der Waals surface area contributed by atoms with Gasteiger partial charge < -0.3 is 30.8 Å². The van der Waals surface area contributed by atoms with Crippen LogP contribution in [0.3, 0.4) is 0 Å². The van der Waals surface area contributed by atoms with Crippen molar-refractivity contribution in [3.05, 3.63) is 78.9 Å². The number of anilines is 2. The highest BCUT2D eigenvalue weighted by Crippen LogP contribution is 2.54. The maximum absolute atomic E-state index is 10.2. The second-order valence-corrected chi connectivity index (χ2v) is 6.77. The summed E-state index contributed by atoms with van der Waals surface area (Å²) in [7, 11) is 0.